The van der Waals surface area contributed by atoms with Crippen molar-refractivity contribution in [2.45, 2.75) is 13.0 Å². The number of aliphatic hydroxyl groups excluding tert-OH is 1. The largest absolute Gasteiger partial charge is 0.394 e. The Morgan fingerprint density at radius 3 is 2.92 bits per heavy atom. The van der Waals surface area contributed by atoms with Gasteiger partial charge in [-0.25, -0.2) is 0 Å². The molecule has 0 aliphatic carbocycles. The predicted molar refractivity (Wildman–Crippen MR) is 53.9 cm³/mol. The minimum absolute atomic E-state index is 0.0194. The maximum absolute atomic E-state index is 11.1. The van der Waals surface area contributed by atoms with E-state index in [0.717, 1.165) is 5.75 Å². The normalized spacial score (nSPS) is 12.5. The molecule has 0 unspecified atom stereocenters. The van der Waals surface area contributed by atoms with E-state index in [1.165, 1.54) is 11.8 Å². The predicted octanol–water partition coefficient (Wildman–Crippen LogP) is -0.137. The van der Waals surface area contributed by atoms with Gasteiger partial charge in [0.05, 0.1) is 19.0 Å². The van der Waals surface area contributed by atoms with E-state index >= 15 is 0 Å². The highest BCUT2D eigenvalue weighted by Gasteiger charge is 2.05. The molecule has 13 heavy (non-hydrogen) atoms. The van der Waals surface area contributed by atoms with Crippen LogP contribution in [0.1, 0.15) is 6.92 Å². The molecule has 0 heterocycles. The summed E-state index contributed by atoms with van der Waals surface area (Å²) in [5.74, 6) is 1.20. The van der Waals surface area contributed by atoms with E-state index in [1.54, 1.807) is 14.0 Å². The van der Waals surface area contributed by atoms with Crippen LogP contribution in [0.5, 0.6) is 0 Å². The lowest BCUT2D eigenvalue weighted by Crippen LogP contribution is -2.36. The zero-order valence-electron chi connectivity index (χ0n) is 8.08. The van der Waals surface area contributed by atoms with Gasteiger partial charge < -0.3 is 15.2 Å². The number of amides is 1. The van der Waals surface area contributed by atoms with E-state index in [-0.39, 0.29) is 18.6 Å². The van der Waals surface area contributed by atoms with Crippen LogP contribution < -0.4 is 5.32 Å². The second-order valence-corrected chi connectivity index (χ2v) is 3.80. The molecule has 1 amide bonds. The topological polar surface area (TPSA) is 58.6 Å². The Kier molecular flexibility index (Phi) is 8.18. The average molecular weight is 207 g/mol. The molecule has 0 fully saturated rings. The summed E-state index contributed by atoms with van der Waals surface area (Å²) >= 11 is 1.52. The molecule has 0 aliphatic heterocycles. The number of methoxy groups -OCH3 is 1. The fraction of sp³-hybridized carbons (Fsp3) is 0.875. The molecule has 0 aromatic rings. The third-order valence-corrected chi connectivity index (χ3v) is 2.27. The Labute approximate surface area is 83.0 Å². The first kappa shape index (κ1) is 12.7. The molecule has 0 radical (unpaired) electrons. The van der Waals surface area contributed by atoms with Crippen molar-refractivity contribution < 1.29 is 14.6 Å². The van der Waals surface area contributed by atoms with Gasteiger partial charge in [-0.1, -0.05) is 0 Å². The van der Waals surface area contributed by atoms with E-state index in [1.807, 2.05) is 0 Å². The number of aliphatic hydroxyl groups is 1. The Balaban J connectivity index is 3.30. The summed E-state index contributed by atoms with van der Waals surface area (Å²) in [6.07, 6.45) is 0. The summed E-state index contributed by atoms with van der Waals surface area (Å²) in [6.45, 7) is 2.40. The maximum atomic E-state index is 11.1. The fourth-order valence-electron chi connectivity index (χ4n) is 0.669. The number of ether oxygens (including phenoxy) is 1. The van der Waals surface area contributed by atoms with Crippen LogP contribution in [-0.2, 0) is 9.53 Å². The van der Waals surface area contributed by atoms with Crippen LogP contribution in [0.25, 0.3) is 0 Å². The number of carbonyl (C=O) groups excluding carboxylic acids is 1. The highest BCUT2D eigenvalue weighted by atomic mass is 32.2. The van der Waals surface area contributed by atoms with Crippen molar-refractivity contribution in [3.8, 4) is 0 Å². The minimum Gasteiger partial charge on any atom is -0.394 e. The molecule has 0 aliphatic rings. The number of carbonyl (C=O) groups is 1. The smallest absolute Gasteiger partial charge is 0.230 e. The summed E-state index contributed by atoms with van der Waals surface area (Å²) < 4.78 is 4.83. The minimum atomic E-state index is -0.157. The molecule has 0 aromatic heterocycles. The van der Waals surface area contributed by atoms with E-state index in [2.05, 4.69) is 5.32 Å². The monoisotopic (exact) mass is 207 g/mol. The summed E-state index contributed by atoms with van der Waals surface area (Å²) in [6, 6.07) is -0.157. The van der Waals surface area contributed by atoms with E-state index in [4.69, 9.17) is 9.84 Å². The van der Waals surface area contributed by atoms with Gasteiger partial charge in [0.2, 0.25) is 5.91 Å². The van der Waals surface area contributed by atoms with Gasteiger partial charge in [0.15, 0.2) is 0 Å². The molecule has 4 nitrogen and oxygen atoms in total. The molecule has 78 valence electrons. The summed E-state index contributed by atoms with van der Waals surface area (Å²) in [5, 5.41) is 11.3. The van der Waals surface area contributed by atoms with Gasteiger partial charge in [0, 0.05) is 18.9 Å². The number of nitrogens with one attached hydrogen (secondary N) is 1. The zero-order valence-corrected chi connectivity index (χ0v) is 8.89. The van der Waals surface area contributed by atoms with Crippen molar-refractivity contribution in [1.82, 2.24) is 5.32 Å². The number of thioether (sulfide) groups is 1. The average Bonchev–Trinajstić information content (AvgIpc) is 2.12. The second-order valence-electron chi connectivity index (χ2n) is 2.70. The van der Waals surface area contributed by atoms with Crippen LogP contribution in [0.15, 0.2) is 0 Å². The summed E-state index contributed by atoms with van der Waals surface area (Å²) in [7, 11) is 1.63. The Hall–Kier alpha value is -0.260. The number of hydrogen-bond acceptors (Lipinski definition) is 4. The number of rotatable bonds is 7. The van der Waals surface area contributed by atoms with Crippen molar-refractivity contribution >= 4 is 17.7 Å². The Bertz CT molecular complexity index is 143. The maximum Gasteiger partial charge on any atom is 0.230 e. The SMILES string of the molecule is COCCSCC(=O)N[C@H](C)CO. The Morgan fingerprint density at radius 1 is 1.69 bits per heavy atom. The zero-order chi connectivity index (χ0) is 10.1. The standard InChI is InChI=1S/C8H17NO3S/c1-7(5-10)9-8(11)6-13-4-3-12-2/h7,10H,3-6H2,1-2H3,(H,9,11)/t7-/m1/s1. The lowest BCUT2D eigenvalue weighted by atomic mass is 10.4. The first-order chi connectivity index (χ1) is 6.20. The molecule has 0 bridgehead atoms. The molecule has 0 saturated carbocycles. The van der Waals surface area contributed by atoms with E-state index in [0.29, 0.717) is 12.4 Å². The molecule has 0 saturated heterocycles. The lowest BCUT2D eigenvalue weighted by Gasteiger charge is -2.09. The molecule has 2 N–H and O–H groups in total. The lowest BCUT2D eigenvalue weighted by molar-refractivity contribution is -0.119. The molecule has 5 heteroatoms. The van der Waals surface area contributed by atoms with E-state index < -0.39 is 0 Å². The Morgan fingerprint density at radius 2 is 2.38 bits per heavy atom. The van der Waals surface area contributed by atoms with Crippen molar-refractivity contribution in [3.05, 3.63) is 0 Å². The van der Waals surface area contributed by atoms with Crippen LogP contribution >= 0.6 is 11.8 Å². The van der Waals surface area contributed by atoms with E-state index in [9.17, 15) is 4.79 Å². The molecular formula is C8H17NO3S. The first-order valence-electron chi connectivity index (χ1n) is 4.17. The van der Waals surface area contributed by atoms with Gasteiger partial charge in [-0.05, 0) is 6.92 Å². The molecule has 1 atom stereocenters. The van der Waals surface area contributed by atoms with Crippen LogP contribution in [0.3, 0.4) is 0 Å². The van der Waals surface area contributed by atoms with Crippen LogP contribution in [0.4, 0.5) is 0 Å². The van der Waals surface area contributed by atoms with Crippen molar-refractivity contribution in [2.24, 2.45) is 0 Å². The first-order valence-corrected chi connectivity index (χ1v) is 5.33. The summed E-state index contributed by atoms with van der Waals surface area (Å²) in [4.78, 5) is 11.1. The van der Waals surface area contributed by atoms with Gasteiger partial charge in [-0.15, -0.1) is 11.8 Å². The van der Waals surface area contributed by atoms with Gasteiger partial charge in [0.25, 0.3) is 0 Å². The van der Waals surface area contributed by atoms with Crippen LogP contribution in [0.2, 0.25) is 0 Å². The molecule has 0 spiro atoms. The van der Waals surface area contributed by atoms with Crippen LogP contribution in [-0.4, -0.2) is 48.9 Å². The van der Waals surface area contributed by atoms with Crippen LogP contribution in [0, 0.1) is 0 Å². The van der Waals surface area contributed by atoms with Crippen molar-refractivity contribution in [1.29, 1.82) is 0 Å². The third kappa shape index (κ3) is 8.08. The fourth-order valence-corrected chi connectivity index (χ4v) is 1.37. The highest BCUT2D eigenvalue weighted by Crippen LogP contribution is 1.98. The number of hydrogen-bond donors (Lipinski definition) is 2. The third-order valence-electron chi connectivity index (χ3n) is 1.35. The molecular weight excluding hydrogens is 190 g/mol. The van der Waals surface area contributed by atoms with Gasteiger partial charge >= 0.3 is 0 Å². The summed E-state index contributed by atoms with van der Waals surface area (Å²) in [5.41, 5.74) is 0. The van der Waals surface area contributed by atoms with Crippen molar-refractivity contribution in [3.63, 3.8) is 0 Å². The van der Waals surface area contributed by atoms with Crippen molar-refractivity contribution in [2.75, 3.05) is 31.8 Å². The van der Waals surface area contributed by atoms with Gasteiger partial charge in [0.1, 0.15) is 0 Å². The molecule has 0 aromatic carbocycles. The second kappa shape index (κ2) is 8.34. The highest BCUT2D eigenvalue weighted by molar-refractivity contribution is 7.99. The van der Waals surface area contributed by atoms with Gasteiger partial charge in [-0.3, -0.25) is 4.79 Å². The quantitative estimate of drug-likeness (QED) is 0.571. The van der Waals surface area contributed by atoms with Gasteiger partial charge in [-0.2, -0.15) is 0 Å². The molecule has 0 rings (SSSR count).